The van der Waals surface area contributed by atoms with Crippen molar-refractivity contribution in [2.75, 3.05) is 31.6 Å². The zero-order valence-corrected chi connectivity index (χ0v) is 15.1. The zero-order chi connectivity index (χ0) is 17.5. The fraction of sp³-hybridized carbons (Fsp3) is 0.444. The molecule has 0 atom stereocenters. The van der Waals surface area contributed by atoms with Crippen LogP contribution < -0.4 is 14.8 Å². The molecule has 25 heavy (non-hydrogen) atoms. The molecule has 0 saturated carbocycles. The average Bonchev–Trinajstić information content (AvgIpc) is 3.11. The number of aromatic nitrogens is 1. The van der Waals surface area contributed by atoms with E-state index >= 15 is 0 Å². The molecule has 0 spiro atoms. The van der Waals surface area contributed by atoms with Crippen LogP contribution >= 0.6 is 11.3 Å². The Morgan fingerprint density at radius 1 is 1.32 bits per heavy atom. The maximum atomic E-state index is 12.0. The second-order valence-electron chi connectivity index (χ2n) is 5.86. The minimum Gasteiger partial charge on any atom is -0.490 e. The van der Waals surface area contributed by atoms with E-state index in [1.54, 1.807) is 6.20 Å². The molecule has 0 radical (unpaired) electrons. The van der Waals surface area contributed by atoms with Gasteiger partial charge in [-0.05, 0) is 31.9 Å². The molecule has 7 heteroatoms. The summed E-state index contributed by atoms with van der Waals surface area (Å²) in [5, 5.41) is 5.32. The van der Waals surface area contributed by atoms with Crippen molar-refractivity contribution in [1.29, 1.82) is 0 Å². The Bertz CT molecular complexity index is 670. The molecular weight excluding hydrogens is 338 g/mol. The molecule has 1 saturated heterocycles. The number of rotatable bonds is 7. The first-order chi connectivity index (χ1) is 12.2. The number of hydrogen-bond acceptors (Lipinski definition) is 6. The quantitative estimate of drug-likeness (QED) is 0.821. The van der Waals surface area contributed by atoms with E-state index < -0.39 is 0 Å². The van der Waals surface area contributed by atoms with Crippen molar-refractivity contribution in [3.8, 4) is 11.5 Å². The number of likely N-dealkylation sites (tertiary alicyclic amines) is 1. The largest absolute Gasteiger partial charge is 0.490 e. The Morgan fingerprint density at radius 3 is 2.76 bits per heavy atom. The standard InChI is InChI=1S/C18H23N3O3S/c1-2-23-15-5-3-4-6-16(15)24-14-7-10-21(11-8-14)13-17(22)20-18-19-9-12-25-18/h3-6,9,12,14H,2,7-8,10-11,13H2,1H3,(H,19,20,22). The predicted molar refractivity (Wildman–Crippen MR) is 98.4 cm³/mol. The zero-order valence-electron chi connectivity index (χ0n) is 14.3. The molecule has 1 amide bonds. The van der Waals surface area contributed by atoms with Gasteiger partial charge in [0.25, 0.3) is 0 Å². The van der Waals surface area contributed by atoms with Gasteiger partial charge in [-0.1, -0.05) is 12.1 Å². The molecule has 2 aromatic rings. The van der Waals surface area contributed by atoms with Gasteiger partial charge in [-0.15, -0.1) is 11.3 Å². The maximum absolute atomic E-state index is 12.0. The van der Waals surface area contributed by atoms with Gasteiger partial charge in [-0.25, -0.2) is 4.98 Å². The van der Waals surface area contributed by atoms with Gasteiger partial charge in [-0.2, -0.15) is 0 Å². The van der Waals surface area contributed by atoms with E-state index in [2.05, 4.69) is 15.2 Å². The highest BCUT2D eigenvalue weighted by Crippen LogP contribution is 2.29. The van der Waals surface area contributed by atoms with E-state index in [-0.39, 0.29) is 12.0 Å². The maximum Gasteiger partial charge on any atom is 0.240 e. The summed E-state index contributed by atoms with van der Waals surface area (Å²) in [7, 11) is 0. The Hall–Kier alpha value is -2.12. The van der Waals surface area contributed by atoms with Crippen LogP contribution in [0.25, 0.3) is 0 Å². The van der Waals surface area contributed by atoms with Crippen LogP contribution in [0.15, 0.2) is 35.8 Å². The van der Waals surface area contributed by atoms with Crippen molar-refractivity contribution >= 4 is 22.4 Å². The third-order valence-electron chi connectivity index (χ3n) is 4.02. The van der Waals surface area contributed by atoms with Crippen LogP contribution in [0.5, 0.6) is 11.5 Å². The first-order valence-corrected chi connectivity index (χ1v) is 9.42. The average molecular weight is 361 g/mol. The highest BCUT2D eigenvalue weighted by atomic mass is 32.1. The van der Waals surface area contributed by atoms with Crippen molar-refractivity contribution in [3.05, 3.63) is 35.8 Å². The summed E-state index contributed by atoms with van der Waals surface area (Å²) in [6, 6.07) is 7.77. The highest BCUT2D eigenvalue weighted by molar-refractivity contribution is 7.13. The van der Waals surface area contributed by atoms with Crippen LogP contribution in [0.3, 0.4) is 0 Å². The second kappa shape index (κ2) is 8.82. The summed E-state index contributed by atoms with van der Waals surface area (Å²) in [5.41, 5.74) is 0. The number of carbonyl (C=O) groups excluding carboxylic acids is 1. The first-order valence-electron chi connectivity index (χ1n) is 8.54. The van der Waals surface area contributed by atoms with E-state index in [0.717, 1.165) is 37.4 Å². The van der Waals surface area contributed by atoms with Gasteiger partial charge in [0, 0.05) is 24.7 Å². The summed E-state index contributed by atoms with van der Waals surface area (Å²) < 4.78 is 11.7. The van der Waals surface area contributed by atoms with Crippen LogP contribution in [-0.4, -0.2) is 48.1 Å². The number of benzene rings is 1. The molecule has 0 bridgehead atoms. The smallest absolute Gasteiger partial charge is 0.240 e. The predicted octanol–water partition coefficient (Wildman–Crippen LogP) is 3.02. The molecule has 6 nitrogen and oxygen atoms in total. The van der Waals surface area contributed by atoms with E-state index in [9.17, 15) is 4.79 Å². The second-order valence-corrected chi connectivity index (χ2v) is 6.75. The lowest BCUT2D eigenvalue weighted by molar-refractivity contribution is -0.117. The highest BCUT2D eigenvalue weighted by Gasteiger charge is 2.23. The summed E-state index contributed by atoms with van der Waals surface area (Å²) >= 11 is 1.43. The number of nitrogens with one attached hydrogen (secondary N) is 1. The molecule has 1 aliphatic rings. The Morgan fingerprint density at radius 2 is 2.08 bits per heavy atom. The fourth-order valence-electron chi connectivity index (χ4n) is 2.83. The lowest BCUT2D eigenvalue weighted by Crippen LogP contribution is -2.42. The van der Waals surface area contributed by atoms with Crippen molar-refractivity contribution < 1.29 is 14.3 Å². The molecule has 1 aliphatic heterocycles. The van der Waals surface area contributed by atoms with E-state index in [1.807, 2.05) is 36.6 Å². The number of para-hydroxylation sites is 2. The number of hydrogen-bond donors (Lipinski definition) is 1. The summed E-state index contributed by atoms with van der Waals surface area (Å²) in [6.45, 7) is 4.65. The van der Waals surface area contributed by atoms with Gasteiger partial charge in [0.1, 0.15) is 6.10 Å². The molecule has 0 unspecified atom stereocenters. The SMILES string of the molecule is CCOc1ccccc1OC1CCN(CC(=O)Nc2nccs2)CC1. The summed E-state index contributed by atoms with van der Waals surface area (Å²) in [5.74, 6) is 1.57. The Balaban J connectivity index is 1.45. The summed E-state index contributed by atoms with van der Waals surface area (Å²) in [4.78, 5) is 18.3. The van der Waals surface area contributed by atoms with Gasteiger partial charge in [0.05, 0.1) is 13.2 Å². The normalized spacial score (nSPS) is 15.7. The van der Waals surface area contributed by atoms with E-state index in [1.165, 1.54) is 11.3 Å². The van der Waals surface area contributed by atoms with Crippen molar-refractivity contribution in [2.24, 2.45) is 0 Å². The molecule has 1 aromatic heterocycles. The number of piperidine rings is 1. The Kier molecular flexibility index (Phi) is 6.25. The molecule has 134 valence electrons. The number of amides is 1. The number of ether oxygens (including phenoxy) is 2. The van der Waals surface area contributed by atoms with E-state index in [4.69, 9.17) is 9.47 Å². The monoisotopic (exact) mass is 361 g/mol. The van der Waals surface area contributed by atoms with Gasteiger partial charge in [0.15, 0.2) is 16.6 Å². The molecule has 0 aliphatic carbocycles. The number of nitrogens with zero attached hydrogens (tertiary/aromatic N) is 2. The van der Waals surface area contributed by atoms with Gasteiger partial charge in [0.2, 0.25) is 5.91 Å². The van der Waals surface area contributed by atoms with E-state index in [0.29, 0.717) is 18.3 Å². The van der Waals surface area contributed by atoms with Crippen molar-refractivity contribution in [3.63, 3.8) is 0 Å². The van der Waals surface area contributed by atoms with Crippen LogP contribution in [0, 0.1) is 0 Å². The van der Waals surface area contributed by atoms with Crippen molar-refractivity contribution in [1.82, 2.24) is 9.88 Å². The van der Waals surface area contributed by atoms with Crippen molar-refractivity contribution in [2.45, 2.75) is 25.9 Å². The fourth-order valence-corrected chi connectivity index (χ4v) is 3.38. The van der Waals surface area contributed by atoms with Crippen LogP contribution in [0.1, 0.15) is 19.8 Å². The third kappa shape index (κ3) is 5.17. The minimum atomic E-state index is -0.0176. The lowest BCUT2D eigenvalue weighted by atomic mass is 10.1. The number of carbonyl (C=O) groups is 1. The van der Waals surface area contributed by atoms with Crippen LogP contribution in [0.4, 0.5) is 5.13 Å². The summed E-state index contributed by atoms with van der Waals surface area (Å²) in [6.07, 6.45) is 3.62. The molecule has 3 rings (SSSR count). The first kappa shape index (κ1) is 17.7. The third-order valence-corrected chi connectivity index (χ3v) is 4.71. The van der Waals surface area contributed by atoms with Gasteiger partial charge >= 0.3 is 0 Å². The molecule has 1 N–H and O–H groups in total. The Labute approximate surface area is 151 Å². The number of anilines is 1. The van der Waals surface area contributed by atoms with Gasteiger partial charge in [-0.3, -0.25) is 9.69 Å². The van der Waals surface area contributed by atoms with Gasteiger partial charge < -0.3 is 14.8 Å². The lowest BCUT2D eigenvalue weighted by Gasteiger charge is -2.31. The van der Waals surface area contributed by atoms with Crippen LogP contribution in [-0.2, 0) is 4.79 Å². The van der Waals surface area contributed by atoms with Crippen LogP contribution in [0.2, 0.25) is 0 Å². The topological polar surface area (TPSA) is 63.7 Å². The molecule has 1 aromatic carbocycles. The molecule has 2 heterocycles. The molecular formula is C18H23N3O3S. The molecule has 1 fully saturated rings. The number of thiazole rings is 1. The minimum absolute atomic E-state index is 0.0176.